The minimum atomic E-state index is -0.165. The second-order valence-electron chi connectivity index (χ2n) is 4.57. The molecule has 1 atom stereocenters. The van der Waals surface area contributed by atoms with E-state index in [1.807, 2.05) is 6.07 Å². The minimum Gasteiger partial charge on any atom is -0.508 e. The summed E-state index contributed by atoms with van der Waals surface area (Å²) >= 11 is 0. The largest absolute Gasteiger partial charge is 0.508 e. The second-order valence-corrected chi connectivity index (χ2v) is 4.57. The van der Waals surface area contributed by atoms with E-state index >= 15 is 0 Å². The van der Waals surface area contributed by atoms with E-state index in [-0.39, 0.29) is 5.97 Å². The van der Waals surface area contributed by atoms with Gasteiger partial charge in [0, 0.05) is 12.5 Å². The predicted octanol–water partition coefficient (Wildman–Crippen LogP) is 1.92. The highest BCUT2D eigenvalue weighted by molar-refractivity contribution is 5.69. The van der Waals surface area contributed by atoms with Gasteiger partial charge in [-0.2, -0.15) is 0 Å². The first-order valence-corrected chi connectivity index (χ1v) is 6.33. The van der Waals surface area contributed by atoms with Crippen molar-refractivity contribution in [2.75, 3.05) is 13.7 Å². The van der Waals surface area contributed by atoms with Gasteiger partial charge in [0.1, 0.15) is 5.75 Å². The third-order valence-electron chi connectivity index (χ3n) is 3.42. The van der Waals surface area contributed by atoms with Crippen molar-refractivity contribution in [3.8, 4) is 5.75 Å². The van der Waals surface area contributed by atoms with E-state index in [4.69, 9.17) is 0 Å². The molecule has 1 aliphatic carbocycles. The number of phenolic OH excluding ortho intramolecular Hbond substituents is 1. The molecule has 2 rings (SSSR count). The van der Waals surface area contributed by atoms with E-state index in [1.165, 1.54) is 12.7 Å². The summed E-state index contributed by atoms with van der Waals surface area (Å²) in [5.74, 6) is 0.229. The molecular formula is C14H19NO3. The standard InChI is InChI=1S/C14H19NO3/c1-18-14(17)6-3-9-15-12-8-7-11-10(12)4-2-5-13(11)16/h2,4-5,12,15-16H,3,6-9H2,1H3. The highest BCUT2D eigenvalue weighted by atomic mass is 16.5. The van der Waals surface area contributed by atoms with Gasteiger partial charge in [0.2, 0.25) is 0 Å². The maximum atomic E-state index is 11.0. The van der Waals surface area contributed by atoms with E-state index in [2.05, 4.69) is 16.1 Å². The normalized spacial score (nSPS) is 17.5. The molecule has 0 heterocycles. The van der Waals surface area contributed by atoms with Crippen LogP contribution in [0, 0.1) is 0 Å². The number of fused-ring (bicyclic) bond motifs is 1. The molecule has 0 radical (unpaired) electrons. The fourth-order valence-corrected chi connectivity index (χ4v) is 2.46. The molecule has 1 aromatic rings. The van der Waals surface area contributed by atoms with Gasteiger partial charge in [-0.05, 0) is 43.0 Å². The number of hydrogen-bond donors (Lipinski definition) is 2. The third kappa shape index (κ3) is 2.82. The van der Waals surface area contributed by atoms with Gasteiger partial charge in [-0.15, -0.1) is 0 Å². The quantitative estimate of drug-likeness (QED) is 0.618. The molecule has 2 N–H and O–H groups in total. The Morgan fingerprint density at radius 3 is 3.17 bits per heavy atom. The van der Waals surface area contributed by atoms with Gasteiger partial charge in [-0.25, -0.2) is 0 Å². The molecule has 0 aromatic heterocycles. The lowest BCUT2D eigenvalue weighted by Gasteiger charge is -2.13. The van der Waals surface area contributed by atoms with Gasteiger partial charge in [0.25, 0.3) is 0 Å². The summed E-state index contributed by atoms with van der Waals surface area (Å²) in [6, 6.07) is 5.96. The van der Waals surface area contributed by atoms with Crippen LogP contribution in [0.4, 0.5) is 0 Å². The molecule has 98 valence electrons. The lowest BCUT2D eigenvalue weighted by Crippen LogP contribution is -2.21. The van der Waals surface area contributed by atoms with Gasteiger partial charge >= 0.3 is 5.97 Å². The van der Waals surface area contributed by atoms with Crippen molar-refractivity contribution in [1.29, 1.82) is 0 Å². The minimum absolute atomic E-state index is 0.165. The van der Waals surface area contributed by atoms with Crippen LogP contribution in [0.1, 0.15) is 36.4 Å². The Balaban J connectivity index is 1.83. The SMILES string of the molecule is COC(=O)CCCNC1CCc2c(O)cccc21. The summed E-state index contributed by atoms with van der Waals surface area (Å²) in [6.45, 7) is 0.787. The van der Waals surface area contributed by atoms with Crippen LogP contribution in [-0.2, 0) is 16.0 Å². The van der Waals surface area contributed by atoms with Crippen LogP contribution < -0.4 is 5.32 Å². The molecule has 0 spiro atoms. The van der Waals surface area contributed by atoms with Crippen molar-refractivity contribution in [1.82, 2.24) is 5.32 Å². The van der Waals surface area contributed by atoms with Gasteiger partial charge in [0.15, 0.2) is 0 Å². The Hall–Kier alpha value is -1.55. The molecule has 4 heteroatoms. The van der Waals surface area contributed by atoms with Crippen molar-refractivity contribution in [2.45, 2.75) is 31.7 Å². The Morgan fingerprint density at radius 2 is 2.39 bits per heavy atom. The average molecular weight is 249 g/mol. The number of phenols is 1. The molecule has 1 aliphatic rings. The Kier molecular flexibility index (Phi) is 4.20. The number of carbonyl (C=O) groups excluding carboxylic acids is 1. The number of benzene rings is 1. The van der Waals surface area contributed by atoms with E-state index in [1.54, 1.807) is 6.07 Å². The molecule has 0 amide bonds. The molecular weight excluding hydrogens is 230 g/mol. The van der Waals surface area contributed by atoms with Gasteiger partial charge in [-0.3, -0.25) is 4.79 Å². The summed E-state index contributed by atoms with van der Waals surface area (Å²) in [4.78, 5) is 11.0. The van der Waals surface area contributed by atoms with E-state index in [0.29, 0.717) is 18.2 Å². The second kappa shape index (κ2) is 5.87. The molecule has 4 nitrogen and oxygen atoms in total. The molecule has 1 aromatic carbocycles. The first-order valence-electron chi connectivity index (χ1n) is 6.33. The van der Waals surface area contributed by atoms with Gasteiger partial charge < -0.3 is 15.2 Å². The third-order valence-corrected chi connectivity index (χ3v) is 3.42. The molecule has 0 aliphatic heterocycles. The molecule has 0 saturated carbocycles. The van der Waals surface area contributed by atoms with Crippen LogP contribution in [0.15, 0.2) is 18.2 Å². The van der Waals surface area contributed by atoms with Gasteiger partial charge in [0.05, 0.1) is 7.11 Å². The fourth-order valence-electron chi connectivity index (χ4n) is 2.46. The van der Waals surface area contributed by atoms with Crippen molar-refractivity contribution in [3.05, 3.63) is 29.3 Å². The fraction of sp³-hybridized carbons (Fsp3) is 0.500. The monoisotopic (exact) mass is 249 g/mol. The number of hydrogen-bond acceptors (Lipinski definition) is 4. The predicted molar refractivity (Wildman–Crippen MR) is 68.4 cm³/mol. The zero-order valence-electron chi connectivity index (χ0n) is 10.6. The van der Waals surface area contributed by atoms with Crippen molar-refractivity contribution < 1.29 is 14.6 Å². The number of methoxy groups -OCH3 is 1. The molecule has 0 fully saturated rings. The average Bonchev–Trinajstić information content (AvgIpc) is 2.79. The number of rotatable bonds is 5. The zero-order valence-corrected chi connectivity index (χ0v) is 10.6. The van der Waals surface area contributed by atoms with Gasteiger partial charge in [-0.1, -0.05) is 12.1 Å². The number of ether oxygens (including phenoxy) is 1. The highest BCUT2D eigenvalue weighted by Crippen LogP contribution is 2.36. The summed E-state index contributed by atoms with van der Waals surface area (Å²) in [6.07, 6.45) is 3.14. The lowest BCUT2D eigenvalue weighted by molar-refractivity contribution is -0.140. The smallest absolute Gasteiger partial charge is 0.305 e. The van der Waals surface area contributed by atoms with E-state index < -0.39 is 0 Å². The topological polar surface area (TPSA) is 58.6 Å². The highest BCUT2D eigenvalue weighted by Gasteiger charge is 2.23. The van der Waals surface area contributed by atoms with Crippen LogP contribution in [0.5, 0.6) is 5.75 Å². The van der Waals surface area contributed by atoms with Crippen molar-refractivity contribution in [2.24, 2.45) is 0 Å². The maximum absolute atomic E-state index is 11.0. The van der Waals surface area contributed by atoms with Crippen LogP contribution in [0.3, 0.4) is 0 Å². The Morgan fingerprint density at radius 1 is 1.56 bits per heavy atom. The Labute approximate surface area is 107 Å². The van der Waals surface area contributed by atoms with Crippen LogP contribution in [0.2, 0.25) is 0 Å². The summed E-state index contributed by atoms with van der Waals surface area (Å²) in [5, 5.41) is 13.2. The summed E-state index contributed by atoms with van der Waals surface area (Å²) in [5.41, 5.74) is 2.25. The molecule has 18 heavy (non-hydrogen) atoms. The van der Waals surface area contributed by atoms with E-state index in [0.717, 1.165) is 31.4 Å². The number of esters is 1. The van der Waals surface area contributed by atoms with Crippen molar-refractivity contribution >= 4 is 5.97 Å². The number of aromatic hydroxyl groups is 1. The van der Waals surface area contributed by atoms with Crippen LogP contribution >= 0.6 is 0 Å². The maximum Gasteiger partial charge on any atom is 0.305 e. The van der Waals surface area contributed by atoms with Crippen molar-refractivity contribution in [3.63, 3.8) is 0 Å². The lowest BCUT2D eigenvalue weighted by atomic mass is 10.1. The number of nitrogens with one attached hydrogen (secondary N) is 1. The van der Waals surface area contributed by atoms with Crippen LogP contribution in [-0.4, -0.2) is 24.7 Å². The first kappa shape index (κ1) is 12.9. The summed E-state index contributed by atoms with van der Waals surface area (Å²) in [7, 11) is 1.41. The molecule has 0 saturated heterocycles. The number of carbonyl (C=O) groups is 1. The first-order chi connectivity index (χ1) is 8.72. The summed E-state index contributed by atoms with van der Waals surface area (Å²) < 4.78 is 4.59. The Bertz CT molecular complexity index is 431. The molecule has 1 unspecified atom stereocenters. The molecule has 0 bridgehead atoms. The van der Waals surface area contributed by atoms with Crippen LogP contribution in [0.25, 0.3) is 0 Å². The zero-order chi connectivity index (χ0) is 13.0. The van der Waals surface area contributed by atoms with E-state index in [9.17, 15) is 9.90 Å².